The molecule has 3 rings (SSSR count). The molecule has 0 atom stereocenters. The van der Waals surface area contributed by atoms with Gasteiger partial charge < -0.3 is 4.55 Å². The third-order valence-electron chi connectivity index (χ3n) is 2.71. The SMILES string of the molecule is O=S(=O)([O-])CC[n+]1ccc(-c2nn3ccnc3s2)cc1. The zero-order chi connectivity index (χ0) is 14.2. The highest BCUT2D eigenvalue weighted by atomic mass is 32.2. The van der Waals surface area contributed by atoms with E-state index in [-0.39, 0.29) is 6.54 Å². The molecule has 3 aromatic rings. The zero-order valence-electron chi connectivity index (χ0n) is 10.2. The van der Waals surface area contributed by atoms with Gasteiger partial charge in [-0.2, -0.15) is 5.10 Å². The Kier molecular flexibility index (Phi) is 3.24. The van der Waals surface area contributed by atoms with E-state index in [1.54, 1.807) is 33.9 Å². The van der Waals surface area contributed by atoms with E-state index in [0.29, 0.717) is 0 Å². The van der Waals surface area contributed by atoms with E-state index in [1.807, 2.05) is 12.1 Å². The molecule has 20 heavy (non-hydrogen) atoms. The van der Waals surface area contributed by atoms with Crippen LogP contribution in [0.15, 0.2) is 36.9 Å². The quantitative estimate of drug-likeness (QED) is 0.510. The fraction of sp³-hybridized carbons (Fsp3) is 0.182. The van der Waals surface area contributed by atoms with Crippen molar-refractivity contribution >= 4 is 26.4 Å². The average Bonchev–Trinajstić information content (AvgIpc) is 2.97. The number of nitrogens with zero attached hydrogens (tertiary/aromatic N) is 4. The number of rotatable bonds is 4. The summed E-state index contributed by atoms with van der Waals surface area (Å²) in [4.78, 5) is 4.97. The Balaban J connectivity index is 1.80. The minimum absolute atomic E-state index is 0.146. The summed E-state index contributed by atoms with van der Waals surface area (Å²) in [6.07, 6.45) is 6.91. The Hall–Kier alpha value is -1.84. The molecule has 0 bridgehead atoms. The van der Waals surface area contributed by atoms with Gasteiger partial charge in [-0.3, -0.25) is 0 Å². The van der Waals surface area contributed by atoms with Gasteiger partial charge in [0.05, 0.1) is 11.9 Å². The van der Waals surface area contributed by atoms with Crippen LogP contribution in [0.4, 0.5) is 0 Å². The summed E-state index contributed by atoms with van der Waals surface area (Å²) in [5.74, 6) is -0.415. The zero-order valence-corrected chi connectivity index (χ0v) is 11.8. The van der Waals surface area contributed by atoms with Crippen LogP contribution in [0.3, 0.4) is 0 Å². The van der Waals surface area contributed by atoms with E-state index >= 15 is 0 Å². The molecule has 3 heterocycles. The molecular formula is C11H10N4O3S2. The minimum atomic E-state index is -4.19. The Morgan fingerprint density at radius 2 is 2.10 bits per heavy atom. The maximum absolute atomic E-state index is 10.6. The van der Waals surface area contributed by atoms with Crippen molar-refractivity contribution in [3.8, 4) is 10.6 Å². The number of fused-ring (bicyclic) bond motifs is 1. The van der Waals surface area contributed by atoms with Crippen molar-refractivity contribution < 1.29 is 17.5 Å². The average molecular weight is 310 g/mol. The first-order valence-corrected chi connectivity index (χ1v) is 8.14. The van der Waals surface area contributed by atoms with Crippen LogP contribution in [-0.4, -0.2) is 33.3 Å². The summed E-state index contributed by atoms with van der Waals surface area (Å²) in [5, 5.41) is 5.21. The molecule has 0 radical (unpaired) electrons. The van der Waals surface area contributed by atoms with Crippen molar-refractivity contribution in [2.75, 3.05) is 5.75 Å². The van der Waals surface area contributed by atoms with Gasteiger partial charge in [0.25, 0.3) is 0 Å². The normalized spacial score (nSPS) is 12.1. The molecule has 0 aliphatic rings. The third-order valence-corrected chi connectivity index (χ3v) is 4.38. The maximum Gasteiger partial charge on any atom is 0.212 e. The molecule has 0 saturated carbocycles. The molecule has 0 amide bonds. The van der Waals surface area contributed by atoms with Crippen molar-refractivity contribution in [1.29, 1.82) is 0 Å². The molecule has 0 fully saturated rings. The summed E-state index contributed by atoms with van der Waals surface area (Å²) in [5.41, 5.74) is 0.918. The maximum atomic E-state index is 10.6. The van der Waals surface area contributed by atoms with E-state index in [4.69, 9.17) is 0 Å². The van der Waals surface area contributed by atoms with Gasteiger partial charge in [-0.25, -0.2) is 22.5 Å². The van der Waals surface area contributed by atoms with Crippen molar-refractivity contribution in [2.24, 2.45) is 0 Å². The molecule has 0 aliphatic heterocycles. The van der Waals surface area contributed by atoms with Gasteiger partial charge in [0, 0.05) is 23.9 Å². The predicted molar refractivity (Wildman–Crippen MR) is 71.1 cm³/mol. The summed E-state index contributed by atoms with van der Waals surface area (Å²) >= 11 is 1.47. The van der Waals surface area contributed by atoms with Crippen LogP contribution in [0.2, 0.25) is 0 Å². The van der Waals surface area contributed by atoms with E-state index in [9.17, 15) is 13.0 Å². The summed E-state index contributed by atoms with van der Waals surface area (Å²) in [6.45, 7) is 0.146. The lowest BCUT2D eigenvalue weighted by Crippen LogP contribution is -2.36. The van der Waals surface area contributed by atoms with Crippen LogP contribution in [0.5, 0.6) is 0 Å². The Morgan fingerprint density at radius 1 is 1.35 bits per heavy atom. The van der Waals surface area contributed by atoms with Gasteiger partial charge in [-0.05, 0) is 0 Å². The summed E-state index contributed by atoms with van der Waals surface area (Å²) < 4.78 is 35.1. The third kappa shape index (κ3) is 2.84. The van der Waals surface area contributed by atoms with E-state index < -0.39 is 15.9 Å². The summed E-state index contributed by atoms with van der Waals surface area (Å²) in [7, 11) is -4.19. The second kappa shape index (κ2) is 4.93. The molecule has 0 saturated heterocycles. The lowest BCUT2D eigenvalue weighted by molar-refractivity contribution is -0.692. The lowest BCUT2D eigenvalue weighted by atomic mass is 10.3. The van der Waals surface area contributed by atoms with Crippen LogP contribution in [0, 0.1) is 0 Å². The van der Waals surface area contributed by atoms with Crippen molar-refractivity contribution in [1.82, 2.24) is 14.6 Å². The molecule has 0 spiro atoms. The number of imidazole rings is 1. The van der Waals surface area contributed by atoms with Gasteiger partial charge in [0.2, 0.25) is 4.96 Å². The van der Waals surface area contributed by atoms with Crippen LogP contribution >= 0.6 is 11.3 Å². The van der Waals surface area contributed by atoms with Gasteiger partial charge >= 0.3 is 0 Å². The van der Waals surface area contributed by atoms with Gasteiger partial charge in [0.15, 0.2) is 18.9 Å². The van der Waals surface area contributed by atoms with E-state index in [2.05, 4.69) is 10.1 Å². The smallest absolute Gasteiger partial charge is 0.212 e. The van der Waals surface area contributed by atoms with Crippen LogP contribution in [0.25, 0.3) is 15.5 Å². The molecule has 7 nitrogen and oxygen atoms in total. The van der Waals surface area contributed by atoms with Gasteiger partial charge in [0.1, 0.15) is 15.1 Å². The van der Waals surface area contributed by atoms with Gasteiger partial charge in [-0.15, -0.1) is 0 Å². The molecule has 0 unspecified atom stereocenters. The number of hydrogen-bond donors (Lipinski definition) is 0. The Labute approximate surface area is 118 Å². The van der Waals surface area contributed by atoms with Gasteiger partial charge in [-0.1, -0.05) is 11.3 Å². The second-order valence-corrected chi connectivity index (χ2v) is 6.63. The van der Waals surface area contributed by atoms with E-state index in [0.717, 1.165) is 15.5 Å². The molecule has 0 aliphatic carbocycles. The first-order chi connectivity index (χ1) is 9.51. The monoisotopic (exact) mass is 310 g/mol. The second-order valence-electron chi connectivity index (χ2n) is 4.15. The van der Waals surface area contributed by atoms with Crippen molar-refractivity contribution in [3.63, 3.8) is 0 Å². The Bertz CT molecular complexity index is 808. The number of pyridine rings is 1. The number of aryl methyl sites for hydroxylation is 1. The van der Waals surface area contributed by atoms with Crippen molar-refractivity contribution in [2.45, 2.75) is 6.54 Å². The first kappa shape index (κ1) is 13.2. The highest BCUT2D eigenvalue weighted by Gasteiger charge is 2.09. The highest BCUT2D eigenvalue weighted by Crippen LogP contribution is 2.23. The molecular weight excluding hydrogens is 300 g/mol. The lowest BCUT2D eigenvalue weighted by Gasteiger charge is -2.03. The van der Waals surface area contributed by atoms with Crippen LogP contribution < -0.4 is 4.57 Å². The predicted octanol–water partition coefficient (Wildman–Crippen LogP) is 0.291. The largest absolute Gasteiger partial charge is 0.748 e. The fourth-order valence-electron chi connectivity index (χ4n) is 1.72. The molecule has 3 aromatic heterocycles. The van der Waals surface area contributed by atoms with Crippen molar-refractivity contribution in [3.05, 3.63) is 36.9 Å². The number of aromatic nitrogens is 4. The fourth-order valence-corrected chi connectivity index (χ4v) is 3.02. The standard InChI is InChI=1S/C11H10N4O3S2/c16-20(17,18)8-7-14-4-1-9(2-5-14)10-13-15-6-3-12-11(15)19-10/h1-6H,7-8H2. The molecule has 0 N–H and O–H groups in total. The van der Waals surface area contributed by atoms with Crippen LogP contribution in [-0.2, 0) is 16.7 Å². The minimum Gasteiger partial charge on any atom is -0.748 e. The molecule has 9 heteroatoms. The van der Waals surface area contributed by atoms with E-state index in [1.165, 1.54) is 11.3 Å². The molecule has 104 valence electrons. The summed E-state index contributed by atoms with van der Waals surface area (Å²) in [6, 6.07) is 3.66. The highest BCUT2D eigenvalue weighted by molar-refractivity contribution is 7.85. The topological polar surface area (TPSA) is 91.3 Å². The Morgan fingerprint density at radius 3 is 2.75 bits per heavy atom. The number of hydrogen-bond acceptors (Lipinski definition) is 6. The van der Waals surface area contributed by atoms with Crippen LogP contribution in [0.1, 0.15) is 0 Å². The molecule has 0 aromatic carbocycles. The first-order valence-electron chi connectivity index (χ1n) is 5.74.